The number of hydrogen-bond acceptors (Lipinski definition) is 7. The van der Waals surface area contributed by atoms with Crippen molar-refractivity contribution in [2.75, 3.05) is 25.3 Å². The molecule has 1 N–H and O–H groups in total. The summed E-state index contributed by atoms with van der Waals surface area (Å²) >= 11 is 2.58. The van der Waals surface area contributed by atoms with E-state index in [0.29, 0.717) is 32.6 Å². The predicted octanol–water partition coefficient (Wildman–Crippen LogP) is 4.81. The summed E-state index contributed by atoms with van der Waals surface area (Å²) in [6.07, 6.45) is 0. The highest BCUT2D eigenvalue weighted by Gasteiger charge is 2.16. The van der Waals surface area contributed by atoms with E-state index >= 15 is 0 Å². The molecule has 9 heteroatoms. The van der Waals surface area contributed by atoms with Crippen molar-refractivity contribution in [3.63, 3.8) is 0 Å². The van der Waals surface area contributed by atoms with Gasteiger partial charge in [-0.3, -0.25) is 14.2 Å². The predicted molar refractivity (Wildman–Crippen MR) is 134 cm³/mol. The molecule has 7 nitrogen and oxygen atoms in total. The van der Waals surface area contributed by atoms with Gasteiger partial charge in [-0.15, -0.1) is 11.3 Å². The first-order valence-corrected chi connectivity index (χ1v) is 12.0. The topological polar surface area (TPSA) is 82.5 Å². The molecule has 0 unspecified atom stereocenters. The summed E-state index contributed by atoms with van der Waals surface area (Å²) < 4.78 is 12.7. The van der Waals surface area contributed by atoms with Crippen molar-refractivity contribution in [2.45, 2.75) is 19.0 Å². The van der Waals surface area contributed by atoms with Crippen molar-refractivity contribution in [3.8, 4) is 17.2 Å². The van der Waals surface area contributed by atoms with Gasteiger partial charge in [0.1, 0.15) is 16.2 Å². The number of carbonyl (C=O) groups is 1. The second-order valence-electron chi connectivity index (χ2n) is 7.38. The Morgan fingerprint density at radius 2 is 1.79 bits per heavy atom. The highest BCUT2D eigenvalue weighted by Crippen LogP contribution is 2.27. The number of nitrogens with one attached hydrogen (secondary N) is 1. The van der Waals surface area contributed by atoms with Crippen LogP contribution in [0.1, 0.15) is 11.1 Å². The highest BCUT2D eigenvalue weighted by atomic mass is 32.2. The molecular formula is C24H23N3O4S2. The summed E-state index contributed by atoms with van der Waals surface area (Å²) in [5.41, 5.74) is 3.99. The van der Waals surface area contributed by atoms with Gasteiger partial charge in [0.25, 0.3) is 5.56 Å². The smallest absolute Gasteiger partial charge is 0.276 e. The number of anilines is 1. The van der Waals surface area contributed by atoms with Crippen molar-refractivity contribution >= 4 is 44.9 Å². The van der Waals surface area contributed by atoms with Crippen LogP contribution in [-0.4, -0.2) is 35.4 Å². The molecule has 0 saturated heterocycles. The Morgan fingerprint density at radius 3 is 2.45 bits per heavy atom. The molecular weight excluding hydrogens is 458 g/mol. The van der Waals surface area contributed by atoms with Crippen LogP contribution in [0.4, 0.5) is 5.69 Å². The normalized spacial score (nSPS) is 10.9. The average molecular weight is 482 g/mol. The van der Waals surface area contributed by atoms with Crippen molar-refractivity contribution in [1.29, 1.82) is 0 Å². The third-order valence-corrected chi connectivity index (χ3v) is 7.00. The van der Waals surface area contributed by atoms with Gasteiger partial charge in [0.05, 0.1) is 31.2 Å². The monoisotopic (exact) mass is 481 g/mol. The zero-order valence-corrected chi connectivity index (χ0v) is 20.3. The van der Waals surface area contributed by atoms with Gasteiger partial charge < -0.3 is 14.8 Å². The van der Waals surface area contributed by atoms with Crippen molar-refractivity contribution in [3.05, 3.63) is 69.3 Å². The third kappa shape index (κ3) is 4.89. The maximum atomic E-state index is 13.3. The number of ether oxygens (including phenoxy) is 2. The second kappa shape index (κ2) is 9.68. The maximum Gasteiger partial charge on any atom is 0.276 e. The number of carbonyl (C=O) groups excluding carboxylic acids is 1. The number of amides is 1. The number of thioether (sulfide) groups is 1. The molecule has 4 rings (SSSR count). The van der Waals surface area contributed by atoms with Crippen LogP contribution in [0.5, 0.6) is 11.5 Å². The lowest BCUT2D eigenvalue weighted by Gasteiger charge is -2.14. The van der Waals surface area contributed by atoms with E-state index in [0.717, 1.165) is 16.8 Å². The van der Waals surface area contributed by atoms with Crippen LogP contribution >= 0.6 is 23.1 Å². The van der Waals surface area contributed by atoms with E-state index in [4.69, 9.17) is 9.47 Å². The zero-order chi connectivity index (χ0) is 23.5. The Morgan fingerprint density at radius 1 is 1.06 bits per heavy atom. The Bertz CT molecular complexity index is 1370. The molecule has 170 valence electrons. The third-order valence-electron chi connectivity index (χ3n) is 5.17. The number of nitrogens with zero attached hydrogens (tertiary/aromatic N) is 2. The van der Waals surface area contributed by atoms with E-state index in [9.17, 15) is 9.59 Å². The minimum absolute atomic E-state index is 0.0758. The molecule has 4 aromatic rings. The molecule has 2 aromatic heterocycles. The fourth-order valence-electron chi connectivity index (χ4n) is 3.29. The first-order chi connectivity index (χ1) is 15.9. The van der Waals surface area contributed by atoms with E-state index in [1.165, 1.54) is 23.1 Å². The van der Waals surface area contributed by atoms with Crippen LogP contribution in [-0.2, 0) is 4.79 Å². The minimum Gasteiger partial charge on any atom is -0.497 e. The summed E-state index contributed by atoms with van der Waals surface area (Å²) in [5, 5.41) is 5.16. The molecule has 0 saturated carbocycles. The number of benzene rings is 2. The van der Waals surface area contributed by atoms with Gasteiger partial charge >= 0.3 is 0 Å². The fourth-order valence-corrected chi connectivity index (χ4v) is 4.86. The summed E-state index contributed by atoms with van der Waals surface area (Å²) in [6.45, 7) is 4.03. The molecule has 0 bridgehead atoms. The highest BCUT2D eigenvalue weighted by molar-refractivity contribution is 7.99. The molecule has 0 radical (unpaired) electrons. The van der Waals surface area contributed by atoms with Gasteiger partial charge in [0.15, 0.2) is 5.16 Å². The number of methoxy groups -OCH3 is 2. The second-order valence-corrected chi connectivity index (χ2v) is 9.24. The van der Waals surface area contributed by atoms with Crippen molar-refractivity contribution in [1.82, 2.24) is 9.55 Å². The molecule has 2 aromatic carbocycles. The summed E-state index contributed by atoms with van der Waals surface area (Å²) in [4.78, 5) is 30.7. The number of aromatic nitrogens is 2. The van der Waals surface area contributed by atoms with Gasteiger partial charge in [-0.25, -0.2) is 4.98 Å². The van der Waals surface area contributed by atoms with Crippen LogP contribution in [0.25, 0.3) is 15.9 Å². The quantitative estimate of drug-likeness (QED) is 0.301. The number of hydrogen-bond donors (Lipinski definition) is 1. The van der Waals surface area contributed by atoms with Crippen molar-refractivity contribution < 1.29 is 14.3 Å². The van der Waals surface area contributed by atoms with E-state index in [1.54, 1.807) is 37.0 Å². The Balaban J connectivity index is 1.63. The zero-order valence-electron chi connectivity index (χ0n) is 18.7. The molecule has 0 fully saturated rings. The first kappa shape index (κ1) is 22.9. The van der Waals surface area contributed by atoms with E-state index in [-0.39, 0.29) is 17.2 Å². The Kier molecular flexibility index (Phi) is 6.71. The van der Waals surface area contributed by atoms with Crippen LogP contribution in [0.2, 0.25) is 0 Å². The fraction of sp³-hybridized carbons (Fsp3) is 0.208. The maximum absolute atomic E-state index is 13.3. The summed E-state index contributed by atoms with van der Waals surface area (Å²) in [7, 11) is 3.10. The van der Waals surface area contributed by atoms with Crippen molar-refractivity contribution in [2.24, 2.45) is 0 Å². The molecule has 0 spiro atoms. The Labute approximate surface area is 199 Å². The summed E-state index contributed by atoms with van der Waals surface area (Å²) in [5.74, 6) is 0.990. The molecule has 0 aliphatic carbocycles. The van der Waals surface area contributed by atoms with Gasteiger partial charge in [0.2, 0.25) is 5.91 Å². The van der Waals surface area contributed by atoms with Crippen LogP contribution in [0.15, 0.2) is 57.8 Å². The lowest BCUT2D eigenvalue weighted by atomic mass is 10.1. The number of aryl methyl sites for hydroxylation is 2. The van der Waals surface area contributed by atoms with E-state index in [2.05, 4.69) is 10.3 Å². The summed E-state index contributed by atoms with van der Waals surface area (Å²) in [6, 6.07) is 12.8. The standard InChI is InChI=1S/C24H23N3O4S2/c1-14-5-6-17(9-15(14)2)27-23(29)22-20(7-8-32-22)26-24(27)33-13-21(28)25-16-10-18(30-3)12-19(11-16)31-4/h5-12H,13H2,1-4H3,(H,25,28). The number of fused-ring (bicyclic) bond motifs is 1. The lowest BCUT2D eigenvalue weighted by molar-refractivity contribution is -0.113. The molecule has 0 aliphatic rings. The molecule has 2 heterocycles. The van der Waals surface area contributed by atoms with Crippen LogP contribution < -0.4 is 20.3 Å². The minimum atomic E-state index is -0.235. The first-order valence-electron chi connectivity index (χ1n) is 10.1. The Hall–Kier alpha value is -3.30. The SMILES string of the molecule is COc1cc(NC(=O)CSc2nc3ccsc3c(=O)n2-c2ccc(C)c(C)c2)cc(OC)c1. The largest absolute Gasteiger partial charge is 0.497 e. The van der Waals surface area contributed by atoms with Gasteiger partial charge in [-0.2, -0.15) is 0 Å². The van der Waals surface area contributed by atoms with Crippen LogP contribution in [0, 0.1) is 13.8 Å². The van der Waals surface area contributed by atoms with E-state index < -0.39 is 0 Å². The van der Waals surface area contributed by atoms with Gasteiger partial charge in [-0.05, 0) is 48.6 Å². The molecule has 0 aliphatic heterocycles. The van der Waals surface area contributed by atoms with Crippen LogP contribution in [0.3, 0.4) is 0 Å². The molecule has 1 amide bonds. The lowest BCUT2D eigenvalue weighted by Crippen LogP contribution is -2.22. The van der Waals surface area contributed by atoms with E-state index in [1.807, 2.05) is 43.5 Å². The average Bonchev–Trinajstić information content (AvgIpc) is 3.28. The number of thiophene rings is 1. The number of rotatable bonds is 7. The molecule has 33 heavy (non-hydrogen) atoms. The van der Waals surface area contributed by atoms with Gasteiger partial charge in [-0.1, -0.05) is 17.8 Å². The molecule has 0 atom stereocenters. The van der Waals surface area contributed by atoms with Gasteiger partial charge in [0, 0.05) is 23.9 Å².